The zero-order valence-electron chi connectivity index (χ0n) is 7.24. The van der Waals surface area contributed by atoms with E-state index in [2.05, 4.69) is 4.74 Å². The number of ether oxygens (including phenoxy) is 1. The average molecular weight is 198 g/mol. The van der Waals surface area contributed by atoms with Crippen molar-refractivity contribution in [3.05, 3.63) is 35.9 Å². The summed E-state index contributed by atoms with van der Waals surface area (Å²) in [4.78, 5) is 11.1. The Hall–Kier alpha value is -1.45. The molecule has 4 heteroatoms. The summed E-state index contributed by atoms with van der Waals surface area (Å²) in [5, 5.41) is 0. The molecule has 1 aromatic carbocycles. The number of hydrogen-bond acceptors (Lipinski definition) is 2. The summed E-state index contributed by atoms with van der Waals surface area (Å²) in [6.45, 7) is -0.510. The van der Waals surface area contributed by atoms with Gasteiger partial charge in [-0.15, -0.1) is 0 Å². The van der Waals surface area contributed by atoms with Crippen LogP contribution in [0, 0.1) is 0 Å². The van der Waals surface area contributed by atoms with E-state index in [0.29, 0.717) is 0 Å². The zero-order valence-corrected chi connectivity index (χ0v) is 7.24. The molecule has 2 nitrogen and oxygen atoms in total. The van der Waals surface area contributed by atoms with Gasteiger partial charge in [0, 0.05) is 5.56 Å². The van der Waals surface area contributed by atoms with E-state index >= 15 is 0 Å². The number of halogens is 2. The predicted octanol–water partition coefficient (Wildman–Crippen LogP) is 1.75. The second kappa shape index (κ2) is 3.04. The maximum atomic E-state index is 14.0. The molecule has 1 heterocycles. The molecular weight excluding hydrogens is 190 g/mol. The molecule has 1 aromatic rings. The van der Waals surface area contributed by atoms with E-state index in [-0.39, 0.29) is 5.56 Å². The molecule has 0 aliphatic carbocycles. The first-order valence-corrected chi connectivity index (χ1v) is 4.21. The van der Waals surface area contributed by atoms with Gasteiger partial charge in [0.25, 0.3) is 5.67 Å². The van der Waals surface area contributed by atoms with Gasteiger partial charge in [0.1, 0.15) is 6.61 Å². The van der Waals surface area contributed by atoms with Gasteiger partial charge in [0.05, 0.1) is 0 Å². The largest absolute Gasteiger partial charge is 0.460 e. The molecule has 14 heavy (non-hydrogen) atoms. The lowest BCUT2D eigenvalue weighted by Gasteiger charge is -2.16. The molecule has 0 amide bonds. The van der Waals surface area contributed by atoms with Crippen LogP contribution >= 0.6 is 0 Å². The monoisotopic (exact) mass is 198 g/mol. The fourth-order valence-corrected chi connectivity index (χ4v) is 1.48. The molecule has 0 aromatic heterocycles. The van der Waals surface area contributed by atoms with Gasteiger partial charge in [-0.05, 0) is 0 Å². The van der Waals surface area contributed by atoms with Crippen LogP contribution < -0.4 is 0 Å². The number of carbonyl (C=O) groups is 1. The van der Waals surface area contributed by atoms with Gasteiger partial charge in [0.15, 0.2) is 6.17 Å². The quantitative estimate of drug-likeness (QED) is 0.642. The Bertz CT molecular complexity index is 352. The van der Waals surface area contributed by atoms with E-state index in [1.807, 2.05) is 0 Å². The van der Waals surface area contributed by atoms with Crippen LogP contribution in [0.1, 0.15) is 5.56 Å². The number of alkyl halides is 2. The smallest absolute Gasteiger partial charge is 0.352 e. The second-order valence-electron chi connectivity index (χ2n) is 3.14. The highest BCUT2D eigenvalue weighted by Crippen LogP contribution is 2.37. The molecule has 74 valence electrons. The van der Waals surface area contributed by atoms with Crippen molar-refractivity contribution < 1.29 is 18.3 Å². The third-order valence-corrected chi connectivity index (χ3v) is 2.28. The highest BCUT2D eigenvalue weighted by Gasteiger charge is 2.55. The molecule has 2 atom stereocenters. The van der Waals surface area contributed by atoms with E-state index in [0.717, 1.165) is 0 Å². The van der Waals surface area contributed by atoms with Gasteiger partial charge in [-0.2, -0.15) is 0 Å². The Morgan fingerprint density at radius 2 is 2.00 bits per heavy atom. The van der Waals surface area contributed by atoms with Crippen LogP contribution in [0.2, 0.25) is 0 Å². The van der Waals surface area contributed by atoms with Crippen molar-refractivity contribution in [3.63, 3.8) is 0 Å². The predicted molar refractivity (Wildman–Crippen MR) is 45.1 cm³/mol. The van der Waals surface area contributed by atoms with Gasteiger partial charge in [-0.3, -0.25) is 0 Å². The van der Waals surface area contributed by atoms with Gasteiger partial charge >= 0.3 is 5.97 Å². The van der Waals surface area contributed by atoms with Crippen molar-refractivity contribution in [3.8, 4) is 0 Å². The third-order valence-electron chi connectivity index (χ3n) is 2.28. The normalized spacial score (nSPS) is 31.6. The average Bonchev–Trinajstić information content (AvgIpc) is 2.49. The molecule has 0 N–H and O–H groups in total. The zero-order chi connectivity index (χ0) is 10.2. The van der Waals surface area contributed by atoms with Crippen LogP contribution in [0.4, 0.5) is 8.78 Å². The molecule has 1 aliphatic heterocycles. The number of rotatable bonds is 1. The molecule has 2 unspecified atom stereocenters. The number of hydrogen-bond donors (Lipinski definition) is 0. The SMILES string of the molecule is O=C1OCC(F)C1(F)c1ccccc1. The molecule has 1 fully saturated rings. The molecule has 0 saturated carbocycles. The van der Waals surface area contributed by atoms with Crippen LogP contribution in [0.25, 0.3) is 0 Å². The minimum absolute atomic E-state index is 0.00926. The summed E-state index contributed by atoms with van der Waals surface area (Å²) in [5.41, 5.74) is -2.61. The van der Waals surface area contributed by atoms with Crippen molar-refractivity contribution in [1.29, 1.82) is 0 Å². The number of cyclic esters (lactones) is 1. The van der Waals surface area contributed by atoms with Crippen molar-refractivity contribution in [2.24, 2.45) is 0 Å². The fourth-order valence-electron chi connectivity index (χ4n) is 1.48. The van der Waals surface area contributed by atoms with Crippen molar-refractivity contribution in [1.82, 2.24) is 0 Å². The highest BCUT2D eigenvalue weighted by molar-refractivity contribution is 5.84. The van der Waals surface area contributed by atoms with Crippen molar-refractivity contribution >= 4 is 5.97 Å². The second-order valence-corrected chi connectivity index (χ2v) is 3.14. The van der Waals surface area contributed by atoms with Crippen LogP contribution in [0.5, 0.6) is 0 Å². The Morgan fingerprint density at radius 3 is 2.50 bits per heavy atom. The Kier molecular flexibility index (Phi) is 1.98. The first kappa shape index (κ1) is 9.12. The Morgan fingerprint density at radius 1 is 1.36 bits per heavy atom. The van der Waals surface area contributed by atoms with Crippen LogP contribution in [0.15, 0.2) is 30.3 Å². The van der Waals surface area contributed by atoms with Gasteiger partial charge < -0.3 is 4.74 Å². The summed E-state index contributed by atoms with van der Waals surface area (Å²) in [5.74, 6) is -1.14. The van der Waals surface area contributed by atoms with E-state index < -0.39 is 24.4 Å². The van der Waals surface area contributed by atoms with Crippen LogP contribution in [0.3, 0.4) is 0 Å². The standard InChI is InChI=1S/C10H8F2O2/c11-8-6-14-9(13)10(8,12)7-4-2-1-3-5-7/h1-5,8H,6H2. The first-order valence-electron chi connectivity index (χ1n) is 4.21. The lowest BCUT2D eigenvalue weighted by atomic mass is 9.93. The lowest BCUT2D eigenvalue weighted by Crippen LogP contribution is -2.34. The molecular formula is C10H8F2O2. The number of carbonyl (C=O) groups excluding carboxylic acids is 1. The summed E-state index contributed by atoms with van der Waals surface area (Å²) >= 11 is 0. The van der Waals surface area contributed by atoms with Gasteiger partial charge in [-0.1, -0.05) is 30.3 Å². The van der Waals surface area contributed by atoms with E-state index in [4.69, 9.17) is 0 Å². The van der Waals surface area contributed by atoms with Crippen LogP contribution in [-0.4, -0.2) is 18.7 Å². The summed E-state index contributed by atoms with van der Waals surface area (Å²) in [6, 6.07) is 7.52. The van der Waals surface area contributed by atoms with Crippen LogP contribution in [-0.2, 0) is 15.2 Å². The van der Waals surface area contributed by atoms with E-state index in [1.54, 1.807) is 18.2 Å². The Balaban J connectivity index is 2.46. The fraction of sp³-hybridized carbons (Fsp3) is 0.300. The molecule has 1 saturated heterocycles. The van der Waals surface area contributed by atoms with Crippen molar-refractivity contribution in [2.75, 3.05) is 6.61 Å². The molecule has 0 spiro atoms. The lowest BCUT2D eigenvalue weighted by molar-refractivity contribution is -0.148. The maximum Gasteiger partial charge on any atom is 0.352 e. The number of benzene rings is 1. The summed E-state index contributed by atoms with van der Waals surface area (Å²) in [6.07, 6.45) is -1.92. The van der Waals surface area contributed by atoms with Gasteiger partial charge in [-0.25, -0.2) is 13.6 Å². The van der Waals surface area contributed by atoms with Crippen molar-refractivity contribution in [2.45, 2.75) is 11.8 Å². The van der Waals surface area contributed by atoms with E-state index in [1.165, 1.54) is 12.1 Å². The number of esters is 1. The molecule has 0 radical (unpaired) electrons. The molecule has 2 rings (SSSR count). The van der Waals surface area contributed by atoms with Gasteiger partial charge in [0.2, 0.25) is 0 Å². The topological polar surface area (TPSA) is 26.3 Å². The first-order chi connectivity index (χ1) is 6.65. The minimum atomic E-state index is -2.62. The van der Waals surface area contributed by atoms with E-state index in [9.17, 15) is 13.6 Å². The summed E-state index contributed by atoms with van der Waals surface area (Å²) < 4.78 is 31.5. The highest BCUT2D eigenvalue weighted by atomic mass is 19.2. The minimum Gasteiger partial charge on any atom is -0.460 e. The summed E-state index contributed by atoms with van der Waals surface area (Å²) in [7, 11) is 0. The molecule has 1 aliphatic rings. The Labute approximate surface area is 79.5 Å². The maximum absolute atomic E-state index is 14.0. The third kappa shape index (κ3) is 1.10. The molecule has 0 bridgehead atoms.